The number of hydrogen-bond acceptors (Lipinski definition) is 5. The van der Waals surface area contributed by atoms with Gasteiger partial charge in [0, 0.05) is 24.9 Å². The number of carbonyl (C=O) groups is 1. The Morgan fingerprint density at radius 1 is 1.24 bits per heavy atom. The normalized spacial score (nSPS) is 11.0. The van der Waals surface area contributed by atoms with Crippen LogP contribution in [0.2, 0.25) is 0 Å². The lowest BCUT2D eigenvalue weighted by Crippen LogP contribution is -2.17. The minimum absolute atomic E-state index is 0.0441. The number of carbonyl (C=O) groups excluding carboxylic acids is 1. The number of rotatable bonds is 5. The SMILES string of the molecule is Cc1nn(C)c(C(=O)Nc2cnn(Cc3c(F)cc(F)c(F)c3F)c2)c1[N+](=O)[O-]. The molecule has 0 fully saturated rings. The van der Waals surface area contributed by atoms with Crippen LogP contribution >= 0.6 is 0 Å². The van der Waals surface area contributed by atoms with E-state index in [0.717, 1.165) is 21.8 Å². The molecule has 0 bridgehead atoms. The molecule has 0 aliphatic rings. The summed E-state index contributed by atoms with van der Waals surface area (Å²) in [6, 6.07) is 0.212. The summed E-state index contributed by atoms with van der Waals surface area (Å²) in [5, 5.41) is 21.1. The molecule has 0 radical (unpaired) electrons. The molecule has 0 aliphatic carbocycles. The molecule has 0 saturated heterocycles. The van der Waals surface area contributed by atoms with Crippen molar-refractivity contribution < 1.29 is 27.3 Å². The molecule has 1 aromatic carbocycles. The summed E-state index contributed by atoms with van der Waals surface area (Å²) in [5.74, 6) is -7.33. The molecule has 2 aromatic heterocycles. The van der Waals surface area contributed by atoms with Gasteiger partial charge in [0.25, 0.3) is 5.91 Å². The van der Waals surface area contributed by atoms with E-state index >= 15 is 0 Å². The highest BCUT2D eigenvalue weighted by Crippen LogP contribution is 2.24. The Labute approximate surface area is 159 Å². The minimum Gasteiger partial charge on any atom is -0.318 e. The predicted octanol–water partition coefficient (Wildman–Crippen LogP) is 2.69. The van der Waals surface area contributed by atoms with Crippen LogP contribution in [0.5, 0.6) is 0 Å². The molecule has 0 saturated carbocycles. The Balaban J connectivity index is 1.83. The third kappa shape index (κ3) is 3.66. The summed E-state index contributed by atoms with van der Waals surface area (Å²) < 4.78 is 55.9. The van der Waals surface area contributed by atoms with Crippen molar-refractivity contribution >= 4 is 17.3 Å². The Hall–Kier alpha value is -3.77. The van der Waals surface area contributed by atoms with E-state index in [1.807, 2.05) is 0 Å². The molecular formula is C16H12F4N6O3. The lowest BCUT2D eigenvalue weighted by Gasteiger charge is -2.07. The standard InChI is InChI=1S/C16H12F4N6O3/c1-7-14(26(28)29)15(24(2)23-7)16(27)22-8-4-21-25(5-8)6-9-10(17)3-11(18)13(20)12(9)19/h3-5H,6H2,1-2H3,(H,22,27). The first-order valence-corrected chi connectivity index (χ1v) is 7.93. The number of halogens is 4. The van der Waals surface area contributed by atoms with Gasteiger partial charge in [-0.25, -0.2) is 17.6 Å². The van der Waals surface area contributed by atoms with Crippen molar-refractivity contribution in [1.29, 1.82) is 0 Å². The quantitative estimate of drug-likeness (QED) is 0.228. The second-order valence-corrected chi connectivity index (χ2v) is 5.99. The smallest absolute Gasteiger partial charge is 0.318 e. The van der Waals surface area contributed by atoms with Crippen LogP contribution in [0.1, 0.15) is 21.7 Å². The maximum absolute atomic E-state index is 13.8. The zero-order valence-corrected chi connectivity index (χ0v) is 14.9. The maximum atomic E-state index is 13.8. The largest absolute Gasteiger partial charge is 0.322 e. The monoisotopic (exact) mass is 412 g/mol. The van der Waals surface area contributed by atoms with Crippen LogP contribution in [0, 0.1) is 40.3 Å². The molecule has 0 atom stereocenters. The van der Waals surface area contributed by atoms with Crippen molar-refractivity contribution in [2.45, 2.75) is 13.5 Å². The Morgan fingerprint density at radius 3 is 2.59 bits per heavy atom. The van der Waals surface area contributed by atoms with E-state index in [4.69, 9.17) is 0 Å². The summed E-state index contributed by atoms with van der Waals surface area (Å²) in [4.78, 5) is 22.8. The molecule has 3 aromatic rings. The number of aryl methyl sites for hydroxylation is 2. The summed E-state index contributed by atoms with van der Waals surface area (Å²) in [5.41, 5.74) is -1.45. The van der Waals surface area contributed by atoms with Crippen molar-refractivity contribution in [3.8, 4) is 0 Å². The van der Waals surface area contributed by atoms with Gasteiger partial charge >= 0.3 is 5.69 Å². The second-order valence-electron chi connectivity index (χ2n) is 5.99. The number of amides is 1. The molecule has 152 valence electrons. The molecule has 1 amide bonds. The number of aromatic nitrogens is 4. The van der Waals surface area contributed by atoms with E-state index in [0.29, 0.717) is 0 Å². The summed E-state index contributed by atoms with van der Waals surface area (Å²) >= 11 is 0. The van der Waals surface area contributed by atoms with E-state index in [-0.39, 0.29) is 23.1 Å². The van der Waals surface area contributed by atoms with Gasteiger partial charge in [0.05, 0.1) is 23.4 Å². The van der Waals surface area contributed by atoms with E-state index in [2.05, 4.69) is 15.5 Å². The van der Waals surface area contributed by atoms with E-state index in [1.165, 1.54) is 14.0 Å². The third-order valence-electron chi connectivity index (χ3n) is 4.01. The number of nitrogens with zero attached hydrogens (tertiary/aromatic N) is 5. The van der Waals surface area contributed by atoms with Crippen LogP contribution in [0.3, 0.4) is 0 Å². The lowest BCUT2D eigenvalue weighted by atomic mass is 10.2. The van der Waals surface area contributed by atoms with Gasteiger partial charge in [0.15, 0.2) is 17.5 Å². The Bertz CT molecular complexity index is 1140. The molecule has 2 heterocycles. The van der Waals surface area contributed by atoms with E-state index < -0.39 is 51.9 Å². The van der Waals surface area contributed by atoms with Crippen LogP contribution < -0.4 is 5.32 Å². The van der Waals surface area contributed by atoms with Crippen molar-refractivity contribution in [2.24, 2.45) is 7.05 Å². The zero-order valence-electron chi connectivity index (χ0n) is 14.9. The van der Waals surface area contributed by atoms with Crippen LogP contribution in [-0.2, 0) is 13.6 Å². The van der Waals surface area contributed by atoms with Crippen LogP contribution in [0.15, 0.2) is 18.5 Å². The molecule has 9 nitrogen and oxygen atoms in total. The Kier molecular flexibility index (Phi) is 5.05. The van der Waals surface area contributed by atoms with Gasteiger partial charge < -0.3 is 5.32 Å². The van der Waals surface area contributed by atoms with Gasteiger partial charge in [0.2, 0.25) is 5.69 Å². The fourth-order valence-electron chi connectivity index (χ4n) is 2.74. The average molecular weight is 412 g/mol. The second kappa shape index (κ2) is 7.33. The summed E-state index contributed by atoms with van der Waals surface area (Å²) in [6.45, 7) is 0.785. The molecule has 13 heteroatoms. The topological polar surface area (TPSA) is 108 Å². The number of hydrogen-bond donors (Lipinski definition) is 1. The highest BCUT2D eigenvalue weighted by atomic mass is 19.2. The van der Waals surface area contributed by atoms with Crippen LogP contribution in [0.25, 0.3) is 0 Å². The zero-order chi connectivity index (χ0) is 21.5. The van der Waals surface area contributed by atoms with Gasteiger partial charge in [-0.2, -0.15) is 10.2 Å². The molecule has 29 heavy (non-hydrogen) atoms. The highest BCUT2D eigenvalue weighted by Gasteiger charge is 2.29. The summed E-state index contributed by atoms with van der Waals surface area (Å²) in [6.07, 6.45) is 2.27. The molecule has 0 unspecified atom stereocenters. The molecular weight excluding hydrogens is 400 g/mol. The number of benzene rings is 1. The predicted molar refractivity (Wildman–Crippen MR) is 90.2 cm³/mol. The van der Waals surface area contributed by atoms with Crippen molar-refractivity contribution in [2.75, 3.05) is 5.32 Å². The average Bonchev–Trinajstić information content (AvgIpc) is 3.19. The van der Waals surface area contributed by atoms with Crippen LogP contribution in [-0.4, -0.2) is 30.4 Å². The number of nitro groups is 1. The first kappa shape index (κ1) is 20.0. The first-order valence-electron chi connectivity index (χ1n) is 7.93. The Morgan fingerprint density at radius 2 is 1.93 bits per heavy atom. The van der Waals surface area contributed by atoms with Crippen molar-refractivity contribution in [3.63, 3.8) is 0 Å². The van der Waals surface area contributed by atoms with Crippen molar-refractivity contribution in [1.82, 2.24) is 19.6 Å². The van der Waals surface area contributed by atoms with Crippen LogP contribution in [0.4, 0.5) is 28.9 Å². The van der Waals surface area contributed by atoms with Gasteiger partial charge in [-0.05, 0) is 6.92 Å². The fraction of sp³-hybridized carbons (Fsp3) is 0.188. The summed E-state index contributed by atoms with van der Waals surface area (Å²) in [7, 11) is 1.35. The molecule has 0 spiro atoms. The number of nitrogens with one attached hydrogen (secondary N) is 1. The lowest BCUT2D eigenvalue weighted by molar-refractivity contribution is -0.385. The first-order chi connectivity index (χ1) is 13.6. The molecule has 3 rings (SSSR count). The van der Waals surface area contributed by atoms with Gasteiger partial charge in [-0.1, -0.05) is 0 Å². The maximum Gasteiger partial charge on any atom is 0.322 e. The van der Waals surface area contributed by atoms with Gasteiger partial charge in [0.1, 0.15) is 11.5 Å². The third-order valence-corrected chi connectivity index (χ3v) is 4.01. The highest BCUT2D eigenvalue weighted by molar-refractivity contribution is 6.05. The van der Waals surface area contributed by atoms with E-state index in [1.54, 1.807) is 0 Å². The van der Waals surface area contributed by atoms with E-state index in [9.17, 15) is 32.5 Å². The molecule has 0 aliphatic heterocycles. The van der Waals surface area contributed by atoms with Crippen molar-refractivity contribution in [3.05, 3.63) is 68.8 Å². The van der Waals surface area contributed by atoms with Gasteiger partial charge in [-0.15, -0.1) is 0 Å². The number of anilines is 1. The minimum atomic E-state index is -1.82. The van der Waals surface area contributed by atoms with Gasteiger partial charge in [-0.3, -0.25) is 24.3 Å². The molecule has 1 N–H and O–H groups in total. The fourth-order valence-corrected chi connectivity index (χ4v) is 2.74.